The Morgan fingerprint density at radius 2 is 2.06 bits per heavy atom. The summed E-state index contributed by atoms with van der Waals surface area (Å²) in [4.78, 5) is 4.39. The summed E-state index contributed by atoms with van der Waals surface area (Å²) in [5, 5.41) is 3.58. The topological polar surface area (TPSA) is 24.9 Å². The van der Waals surface area contributed by atoms with Gasteiger partial charge in [-0.1, -0.05) is 45.6 Å². The van der Waals surface area contributed by atoms with Crippen molar-refractivity contribution in [1.82, 2.24) is 10.3 Å². The molecule has 0 fully saturated rings. The number of rotatable bonds is 8. The fraction of sp³-hybridized carbons (Fsp3) is 0.667. The molecule has 0 aliphatic rings. The summed E-state index contributed by atoms with van der Waals surface area (Å²) in [7, 11) is 0. The van der Waals surface area contributed by atoms with Crippen molar-refractivity contribution in [2.45, 2.75) is 58.9 Å². The molecule has 0 saturated heterocycles. The van der Waals surface area contributed by atoms with Gasteiger partial charge in [-0.3, -0.25) is 4.98 Å². The van der Waals surface area contributed by atoms with Crippen LogP contribution in [0.1, 0.15) is 63.3 Å². The molecule has 0 amide bonds. The van der Waals surface area contributed by atoms with Crippen LogP contribution in [0.2, 0.25) is 0 Å². The summed E-state index contributed by atoms with van der Waals surface area (Å²) in [6.07, 6.45) is 8.40. The highest BCUT2D eigenvalue weighted by Gasteiger charge is 2.12. The van der Waals surface area contributed by atoms with E-state index in [-0.39, 0.29) is 0 Å². The minimum atomic E-state index is 0.477. The van der Waals surface area contributed by atoms with E-state index in [0.717, 1.165) is 12.2 Å². The highest BCUT2D eigenvalue weighted by Crippen LogP contribution is 2.21. The minimum absolute atomic E-state index is 0.477. The summed E-state index contributed by atoms with van der Waals surface area (Å²) in [5.74, 6) is 0. The van der Waals surface area contributed by atoms with Crippen molar-refractivity contribution in [2.24, 2.45) is 0 Å². The molecule has 0 bridgehead atoms. The van der Waals surface area contributed by atoms with Crippen LogP contribution in [0.15, 0.2) is 18.3 Å². The molecular weight excluding hydrogens is 208 g/mol. The van der Waals surface area contributed by atoms with Crippen molar-refractivity contribution in [3.8, 4) is 0 Å². The molecule has 1 unspecified atom stereocenters. The molecule has 96 valence electrons. The zero-order chi connectivity index (χ0) is 12.5. The third-order valence-electron chi connectivity index (χ3n) is 3.22. The van der Waals surface area contributed by atoms with Crippen molar-refractivity contribution in [3.63, 3.8) is 0 Å². The molecular formula is C15H26N2. The quantitative estimate of drug-likeness (QED) is 0.687. The van der Waals surface area contributed by atoms with Crippen LogP contribution in [0.25, 0.3) is 0 Å². The average Bonchev–Trinajstić information content (AvgIpc) is 2.34. The van der Waals surface area contributed by atoms with E-state index in [1.165, 1.54) is 37.7 Å². The number of nitrogens with one attached hydrogen (secondary N) is 1. The molecule has 2 heteroatoms. The van der Waals surface area contributed by atoms with Crippen molar-refractivity contribution < 1.29 is 0 Å². The van der Waals surface area contributed by atoms with E-state index < -0.39 is 0 Å². The van der Waals surface area contributed by atoms with E-state index in [1.54, 1.807) is 0 Å². The molecule has 1 atom stereocenters. The maximum atomic E-state index is 4.39. The lowest BCUT2D eigenvalue weighted by atomic mass is 9.99. The Morgan fingerprint density at radius 1 is 1.24 bits per heavy atom. The van der Waals surface area contributed by atoms with Crippen molar-refractivity contribution in [2.75, 3.05) is 6.54 Å². The van der Waals surface area contributed by atoms with Gasteiger partial charge >= 0.3 is 0 Å². The number of nitrogens with zero attached hydrogens (tertiary/aromatic N) is 1. The van der Waals surface area contributed by atoms with Crippen LogP contribution >= 0.6 is 0 Å². The Morgan fingerprint density at radius 3 is 2.71 bits per heavy atom. The van der Waals surface area contributed by atoms with Gasteiger partial charge in [-0.05, 0) is 31.5 Å². The van der Waals surface area contributed by atoms with Gasteiger partial charge in [0, 0.05) is 17.9 Å². The summed E-state index contributed by atoms with van der Waals surface area (Å²) in [6, 6.07) is 4.72. The minimum Gasteiger partial charge on any atom is -0.310 e. The second kappa shape index (κ2) is 8.24. The number of aromatic nitrogens is 1. The van der Waals surface area contributed by atoms with E-state index in [2.05, 4.69) is 37.1 Å². The van der Waals surface area contributed by atoms with Gasteiger partial charge in [0.15, 0.2) is 0 Å². The molecule has 1 rings (SSSR count). The molecule has 1 aromatic heterocycles. The van der Waals surface area contributed by atoms with Gasteiger partial charge in [0.1, 0.15) is 0 Å². The summed E-state index contributed by atoms with van der Waals surface area (Å²) < 4.78 is 0. The number of pyridine rings is 1. The first-order valence-electron chi connectivity index (χ1n) is 6.94. The lowest BCUT2D eigenvalue weighted by molar-refractivity contribution is 0.479. The Balaban J connectivity index is 2.56. The normalized spacial score (nSPS) is 12.6. The van der Waals surface area contributed by atoms with E-state index in [1.807, 2.05) is 12.3 Å². The molecule has 0 radical (unpaired) electrons. The molecule has 17 heavy (non-hydrogen) atoms. The molecule has 1 heterocycles. The molecule has 0 saturated carbocycles. The number of unbranched alkanes of at least 4 members (excludes halogenated alkanes) is 3. The second-order valence-corrected chi connectivity index (χ2v) is 4.64. The molecule has 1 N–H and O–H groups in total. The number of aryl methyl sites for hydroxylation is 1. The second-order valence-electron chi connectivity index (χ2n) is 4.64. The number of hydrogen-bond acceptors (Lipinski definition) is 2. The highest BCUT2D eigenvalue weighted by atomic mass is 14.9. The van der Waals surface area contributed by atoms with Crippen LogP contribution in [0, 0.1) is 6.92 Å². The van der Waals surface area contributed by atoms with E-state index >= 15 is 0 Å². The molecule has 0 spiro atoms. The van der Waals surface area contributed by atoms with Crippen molar-refractivity contribution in [1.29, 1.82) is 0 Å². The zero-order valence-corrected chi connectivity index (χ0v) is 11.5. The lowest BCUT2D eigenvalue weighted by Crippen LogP contribution is -2.22. The van der Waals surface area contributed by atoms with Crippen LogP contribution in [0.4, 0.5) is 0 Å². The van der Waals surface area contributed by atoms with Gasteiger partial charge in [0.05, 0.1) is 0 Å². The predicted molar refractivity (Wildman–Crippen MR) is 74.2 cm³/mol. The summed E-state index contributed by atoms with van der Waals surface area (Å²) in [5.41, 5.74) is 2.53. The van der Waals surface area contributed by atoms with Gasteiger partial charge in [-0.25, -0.2) is 0 Å². The summed E-state index contributed by atoms with van der Waals surface area (Å²) in [6.45, 7) is 7.55. The zero-order valence-electron chi connectivity index (χ0n) is 11.5. The monoisotopic (exact) mass is 234 g/mol. The van der Waals surface area contributed by atoms with Gasteiger partial charge < -0.3 is 5.32 Å². The highest BCUT2D eigenvalue weighted by molar-refractivity contribution is 5.22. The average molecular weight is 234 g/mol. The lowest BCUT2D eigenvalue weighted by Gasteiger charge is -2.19. The molecule has 1 aromatic rings. The predicted octanol–water partition coefficient (Wildman–Crippen LogP) is 4.01. The van der Waals surface area contributed by atoms with Crippen LogP contribution < -0.4 is 5.32 Å². The number of hydrogen-bond donors (Lipinski definition) is 1. The SMILES string of the molecule is CCCCCCC(NCC)c1cccnc1C. The molecule has 0 aliphatic carbocycles. The van der Waals surface area contributed by atoms with Gasteiger partial charge in [-0.2, -0.15) is 0 Å². The standard InChI is InChI=1S/C15H26N2/c1-4-6-7-8-11-15(16-5-2)14-10-9-12-17-13(14)3/h9-10,12,15-16H,4-8,11H2,1-3H3. The first kappa shape index (κ1) is 14.2. The maximum Gasteiger partial charge on any atom is 0.0420 e. The Bertz CT molecular complexity index is 310. The third kappa shape index (κ3) is 4.86. The van der Waals surface area contributed by atoms with Crippen molar-refractivity contribution >= 4 is 0 Å². The molecule has 0 aromatic carbocycles. The third-order valence-corrected chi connectivity index (χ3v) is 3.22. The summed E-state index contributed by atoms with van der Waals surface area (Å²) >= 11 is 0. The maximum absolute atomic E-state index is 4.39. The van der Waals surface area contributed by atoms with Crippen LogP contribution in [0.5, 0.6) is 0 Å². The Hall–Kier alpha value is -0.890. The first-order valence-corrected chi connectivity index (χ1v) is 6.94. The van der Waals surface area contributed by atoms with E-state index in [0.29, 0.717) is 6.04 Å². The van der Waals surface area contributed by atoms with Gasteiger partial charge in [-0.15, -0.1) is 0 Å². The molecule has 2 nitrogen and oxygen atoms in total. The smallest absolute Gasteiger partial charge is 0.0420 e. The fourth-order valence-electron chi connectivity index (χ4n) is 2.25. The Kier molecular flexibility index (Phi) is 6.87. The first-order chi connectivity index (χ1) is 8.29. The largest absolute Gasteiger partial charge is 0.310 e. The van der Waals surface area contributed by atoms with E-state index in [9.17, 15) is 0 Å². The van der Waals surface area contributed by atoms with E-state index in [4.69, 9.17) is 0 Å². The Labute approximate surface area is 106 Å². The van der Waals surface area contributed by atoms with Crippen LogP contribution in [-0.2, 0) is 0 Å². The van der Waals surface area contributed by atoms with Crippen molar-refractivity contribution in [3.05, 3.63) is 29.6 Å². The van der Waals surface area contributed by atoms with Gasteiger partial charge in [0.25, 0.3) is 0 Å². The fourth-order valence-corrected chi connectivity index (χ4v) is 2.25. The van der Waals surface area contributed by atoms with Crippen LogP contribution in [-0.4, -0.2) is 11.5 Å². The van der Waals surface area contributed by atoms with Gasteiger partial charge in [0.2, 0.25) is 0 Å². The molecule has 0 aliphatic heterocycles. The van der Waals surface area contributed by atoms with Crippen LogP contribution in [0.3, 0.4) is 0 Å².